The van der Waals surface area contributed by atoms with Gasteiger partial charge in [0.25, 0.3) is 0 Å². The number of aryl methyl sites for hydroxylation is 3. The molecule has 3 aromatic rings. The van der Waals surface area contributed by atoms with E-state index in [0.29, 0.717) is 5.88 Å². The van der Waals surface area contributed by atoms with Crippen molar-refractivity contribution >= 4 is 22.6 Å². The Balaban J connectivity index is 2.26. The van der Waals surface area contributed by atoms with Crippen molar-refractivity contribution in [1.29, 1.82) is 0 Å². The minimum atomic E-state index is 0.579. The summed E-state index contributed by atoms with van der Waals surface area (Å²) in [5, 5.41) is 0. The predicted octanol–water partition coefficient (Wildman–Crippen LogP) is 4.68. The highest BCUT2D eigenvalue weighted by atomic mass is 35.5. The largest absolute Gasteiger partial charge is 0.296 e. The number of alkyl halides is 1. The van der Waals surface area contributed by atoms with Crippen LogP contribution in [0.15, 0.2) is 42.5 Å². The van der Waals surface area contributed by atoms with E-state index < -0.39 is 0 Å². The van der Waals surface area contributed by atoms with Crippen LogP contribution in [0.25, 0.3) is 16.7 Å². The molecule has 2 nitrogen and oxygen atoms in total. The zero-order chi connectivity index (χ0) is 14.8. The van der Waals surface area contributed by atoms with Crippen molar-refractivity contribution in [2.45, 2.75) is 26.7 Å². The number of halogens is 1. The Labute approximate surface area is 130 Å². The highest BCUT2D eigenvalue weighted by Gasteiger charge is 2.12. The van der Waals surface area contributed by atoms with Gasteiger partial charge in [0.2, 0.25) is 0 Å². The molecule has 1 aromatic heterocycles. The first kappa shape index (κ1) is 14.2. The van der Waals surface area contributed by atoms with E-state index in [9.17, 15) is 0 Å². The molecule has 0 radical (unpaired) electrons. The van der Waals surface area contributed by atoms with Gasteiger partial charge in [0, 0.05) is 18.0 Å². The van der Waals surface area contributed by atoms with Crippen LogP contribution in [0.1, 0.15) is 23.9 Å². The predicted molar refractivity (Wildman–Crippen MR) is 89.6 cm³/mol. The second kappa shape index (κ2) is 5.90. The molecular weight excluding hydrogens is 280 g/mol. The molecule has 3 rings (SSSR count). The molecule has 108 valence electrons. The summed E-state index contributed by atoms with van der Waals surface area (Å²) in [7, 11) is 0. The second-order valence-electron chi connectivity index (χ2n) is 5.32. The van der Waals surface area contributed by atoms with Crippen LogP contribution in [0, 0.1) is 6.92 Å². The number of hydrogen-bond acceptors (Lipinski definition) is 1. The van der Waals surface area contributed by atoms with Crippen LogP contribution in [-0.2, 0) is 12.8 Å². The fourth-order valence-corrected chi connectivity index (χ4v) is 2.86. The van der Waals surface area contributed by atoms with Crippen molar-refractivity contribution in [2.24, 2.45) is 0 Å². The Hall–Kier alpha value is -1.80. The van der Waals surface area contributed by atoms with Crippen molar-refractivity contribution in [1.82, 2.24) is 9.55 Å². The molecule has 0 aliphatic heterocycles. The SMILES string of the molecule is CCc1cccc(-n2c(CCCl)nc3ccc(C)cc32)c1. The standard InChI is InChI=1S/C18H19ClN2/c1-3-14-5-4-6-15(12-14)21-17-11-13(2)7-8-16(17)20-18(21)9-10-19/h4-8,11-12H,3,9-10H2,1-2H3. The molecule has 0 spiro atoms. The van der Waals surface area contributed by atoms with Gasteiger partial charge >= 0.3 is 0 Å². The summed E-state index contributed by atoms with van der Waals surface area (Å²) < 4.78 is 2.24. The van der Waals surface area contributed by atoms with E-state index in [-0.39, 0.29) is 0 Å². The molecule has 0 atom stereocenters. The van der Waals surface area contributed by atoms with Gasteiger partial charge in [-0.15, -0.1) is 11.6 Å². The monoisotopic (exact) mass is 298 g/mol. The van der Waals surface area contributed by atoms with Crippen molar-refractivity contribution in [3.63, 3.8) is 0 Å². The molecular formula is C18H19ClN2. The van der Waals surface area contributed by atoms with Gasteiger partial charge in [-0.25, -0.2) is 4.98 Å². The first-order valence-electron chi connectivity index (χ1n) is 7.36. The van der Waals surface area contributed by atoms with Crippen LogP contribution in [0.4, 0.5) is 0 Å². The summed E-state index contributed by atoms with van der Waals surface area (Å²) in [6, 6.07) is 15.0. The van der Waals surface area contributed by atoms with E-state index in [0.717, 1.165) is 29.7 Å². The summed E-state index contributed by atoms with van der Waals surface area (Å²) in [6.07, 6.45) is 1.80. The van der Waals surface area contributed by atoms with Crippen LogP contribution in [0.3, 0.4) is 0 Å². The Morgan fingerprint density at radius 2 is 2.00 bits per heavy atom. The minimum absolute atomic E-state index is 0.579. The lowest BCUT2D eigenvalue weighted by molar-refractivity contribution is 0.909. The zero-order valence-electron chi connectivity index (χ0n) is 12.4. The van der Waals surface area contributed by atoms with Crippen molar-refractivity contribution in [3.05, 3.63) is 59.4 Å². The molecule has 0 fully saturated rings. The third-order valence-corrected chi connectivity index (χ3v) is 3.96. The van der Waals surface area contributed by atoms with Crippen LogP contribution in [-0.4, -0.2) is 15.4 Å². The summed E-state index contributed by atoms with van der Waals surface area (Å²) in [4.78, 5) is 4.75. The lowest BCUT2D eigenvalue weighted by Crippen LogP contribution is -2.02. The van der Waals surface area contributed by atoms with Gasteiger partial charge in [-0.1, -0.05) is 25.1 Å². The number of benzene rings is 2. The number of hydrogen-bond donors (Lipinski definition) is 0. The van der Waals surface area contributed by atoms with Gasteiger partial charge in [0.15, 0.2) is 0 Å². The molecule has 2 aromatic carbocycles. The normalized spacial score (nSPS) is 11.2. The lowest BCUT2D eigenvalue weighted by atomic mass is 10.1. The summed E-state index contributed by atoms with van der Waals surface area (Å²) in [5.41, 5.74) is 5.93. The Morgan fingerprint density at radius 1 is 1.14 bits per heavy atom. The molecule has 0 aliphatic rings. The van der Waals surface area contributed by atoms with E-state index in [2.05, 4.69) is 60.9 Å². The lowest BCUT2D eigenvalue weighted by Gasteiger charge is -2.10. The van der Waals surface area contributed by atoms with Crippen LogP contribution < -0.4 is 0 Å². The first-order chi connectivity index (χ1) is 10.2. The van der Waals surface area contributed by atoms with Crippen molar-refractivity contribution in [3.8, 4) is 5.69 Å². The fraction of sp³-hybridized carbons (Fsp3) is 0.278. The summed E-state index contributed by atoms with van der Waals surface area (Å²) in [6.45, 7) is 4.29. The molecule has 0 amide bonds. The average molecular weight is 299 g/mol. The van der Waals surface area contributed by atoms with Gasteiger partial charge in [0.05, 0.1) is 11.0 Å². The Morgan fingerprint density at radius 3 is 2.76 bits per heavy atom. The molecule has 0 bridgehead atoms. The fourth-order valence-electron chi connectivity index (χ4n) is 2.69. The smallest absolute Gasteiger partial charge is 0.115 e. The molecule has 0 saturated carbocycles. The quantitative estimate of drug-likeness (QED) is 0.640. The molecule has 0 unspecified atom stereocenters. The Bertz CT molecular complexity index is 774. The van der Waals surface area contributed by atoms with Crippen LogP contribution in [0.2, 0.25) is 0 Å². The van der Waals surface area contributed by atoms with E-state index in [1.807, 2.05) is 0 Å². The highest BCUT2D eigenvalue weighted by Crippen LogP contribution is 2.24. The molecule has 0 saturated heterocycles. The molecule has 3 heteroatoms. The maximum absolute atomic E-state index is 5.96. The van der Waals surface area contributed by atoms with Gasteiger partial charge in [0.1, 0.15) is 5.82 Å². The van der Waals surface area contributed by atoms with E-state index in [1.54, 1.807) is 0 Å². The topological polar surface area (TPSA) is 17.8 Å². The maximum Gasteiger partial charge on any atom is 0.115 e. The van der Waals surface area contributed by atoms with Crippen LogP contribution >= 0.6 is 11.6 Å². The number of imidazole rings is 1. The minimum Gasteiger partial charge on any atom is -0.296 e. The van der Waals surface area contributed by atoms with Crippen LogP contribution in [0.5, 0.6) is 0 Å². The molecule has 21 heavy (non-hydrogen) atoms. The van der Waals surface area contributed by atoms with Gasteiger partial charge in [-0.05, 0) is 48.7 Å². The van der Waals surface area contributed by atoms with Gasteiger partial charge in [-0.2, -0.15) is 0 Å². The third kappa shape index (κ3) is 2.68. The zero-order valence-corrected chi connectivity index (χ0v) is 13.2. The Kier molecular flexibility index (Phi) is 3.98. The second-order valence-corrected chi connectivity index (χ2v) is 5.70. The third-order valence-electron chi connectivity index (χ3n) is 3.77. The van der Waals surface area contributed by atoms with Crippen molar-refractivity contribution in [2.75, 3.05) is 5.88 Å². The summed E-state index contributed by atoms with van der Waals surface area (Å²) >= 11 is 5.96. The van der Waals surface area contributed by atoms with E-state index >= 15 is 0 Å². The number of nitrogens with zero attached hydrogens (tertiary/aromatic N) is 2. The maximum atomic E-state index is 5.96. The number of aromatic nitrogens is 2. The average Bonchev–Trinajstić information content (AvgIpc) is 2.85. The first-order valence-corrected chi connectivity index (χ1v) is 7.89. The number of fused-ring (bicyclic) bond motifs is 1. The van der Waals surface area contributed by atoms with Gasteiger partial charge in [-0.3, -0.25) is 4.57 Å². The van der Waals surface area contributed by atoms with Crippen molar-refractivity contribution < 1.29 is 0 Å². The number of rotatable bonds is 4. The molecule has 1 heterocycles. The summed E-state index contributed by atoms with van der Waals surface area (Å²) in [5.74, 6) is 1.61. The molecule has 0 N–H and O–H groups in total. The van der Waals surface area contributed by atoms with E-state index in [4.69, 9.17) is 16.6 Å². The highest BCUT2D eigenvalue weighted by molar-refractivity contribution is 6.17. The molecule has 0 aliphatic carbocycles. The van der Waals surface area contributed by atoms with E-state index in [1.165, 1.54) is 16.8 Å². The van der Waals surface area contributed by atoms with Gasteiger partial charge < -0.3 is 0 Å².